The lowest BCUT2D eigenvalue weighted by Crippen LogP contribution is -2.43. The molecule has 23 heavy (non-hydrogen) atoms. The molecule has 2 N–H and O–H groups in total. The zero-order valence-corrected chi connectivity index (χ0v) is 14.0. The average Bonchev–Trinajstić information content (AvgIpc) is 3.08. The topological polar surface area (TPSA) is 59.6 Å². The van der Waals surface area contributed by atoms with Crippen LogP contribution < -0.4 is 10.6 Å². The van der Waals surface area contributed by atoms with Crippen molar-refractivity contribution in [3.8, 4) is 0 Å². The molecule has 1 aliphatic heterocycles. The summed E-state index contributed by atoms with van der Waals surface area (Å²) in [7, 11) is 0. The molecule has 0 unspecified atom stereocenters. The second-order valence-electron chi connectivity index (χ2n) is 7.12. The van der Waals surface area contributed by atoms with Gasteiger partial charge in [-0.25, -0.2) is 4.79 Å². The van der Waals surface area contributed by atoms with Crippen molar-refractivity contribution in [1.82, 2.24) is 10.6 Å². The maximum Gasteiger partial charge on any atom is 0.314 e. The van der Waals surface area contributed by atoms with Crippen molar-refractivity contribution in [2.75, 3.05) is 26.3 Å². The van der Waals surface area contributed by atoms with E-state index in [0.29, 0.717) is 32.7 Å². The fraction of sp³-hybridized carbons (Fsp3) is 0.611. The van der Waals surface area contributed by atoms with E-state index in [0.717, 1.165) is 12.8 Å². The van der Waals surface area contributed by atoms with Gasteiger partial charge in [-0.2, -0.15) is 0 Å². The van der Waals surface area contributed by atoms with Crippen molar-refractivity contribution in [3.63, 3.8) is 0 Å². The molecule has 1 saturated heterocycles. The Morgan fingerprint density at radius 3 is 2.30 bits per heavy atom. The summed E-state index contributed by atoms with van der Waals surface area (Å²) in [4.78, 5) is 12.0. The number of amides is 2. The summed E-state index contributed by atoms with van der Waals surface area (Å²) in [5.41, 5.74) is 2.91. The van der Waals surface area contributed by atoms with Crippen LogP contribution >= 0.6 is 0 Å². The number of carbonyl (C=O) groups is 1. The highest BCUT2D eigenvalue weighted by Crippen LogP contribution is 2.35. The van der Waals surface area contributed by atoms with Crippen LogP contribution in [0.3, 0.4) is 0 Å². The highest BCUT2D eigenvalue weighted by Gasteiger charge is 2.33. The van der Waals surface area contributed by atoms with Crippen molar-refractivity contribution in [1.29, 1.82) is 0 Å². The largest absolute Gasteiger partial charge is 0.348 e. The molecule has 5 heteroatoms. The molecule has 0 atom stereocenters. The Morgan fingerprint density at radius 2 is 1.70 bits per heavy atom. The number of hydrogen-bond acceptors (Lipinski definition) is 3. The quantitative estimate of drug-likeness (QED) is 0.875. The van der Waals surface area contributed by atoms with Crippen LogP contribution in [-0.4, -0.2) is 38.1 Å². The molecule has 1 aliphatic carbocycles. The van der Waals surface area contributed by atoms with E-state index >= 15 is 0 Å². The number of ether oxygens (including phenoxy) is 2. The van der Waals surface area contributed by atoms with E-state index < -0.39 is 5.79 Å². The minimum Gasteiger partial charge on any atom is -0.348 e. The van der Waals surface area contributed by atoms with Crippen molar-refractivity contribution >= 4 is 6.03 Å². The molecule has 0 radical (unpaired) electrons. The van der Waals surface area contributed by atoms with E-state index in [4.69, 9.17) is 9.47 Å². The zero-order valence-electron chi connectivity index (χ0n) is 14.0. The first-order valence-corrected chi connectivity index (χ1v) is 8.35. The van der Waals surface area contributed by atoms with Crippen molar-refractivity contribution in [3.05, 3.63) is 35.4 Å². The van der Waals surface area contributed by atoms with E-state index in [1.54, 1.807) is 0 Å². The van der Waals surface area contributed by atoms with Gasteiger partial charge in [-0.15, -0.1) is 0 Å². The smallest absolute Gasteiger partial charge is 0.314 e. The van der Waals surface area contributed by atoms with Crippen molar-refractivity contribution in [2.45, 2.75) is 38.9 Å². The molecule has 126 valence electrons. The number of benzene rings is 1. The number of hydrogen-bond donors (Lipinski definition) is 2. The van der Waals surface area contributed by atoms with Crippen LogP contribution in [0.15, 0.2) is 24.3 Å². The molecule has 1 fully saturated rings. The first-order chi connectivity index (χ1) is 11.0. The van der Waals surface area contributed by atoms with Gasteiger partial charge in [-0.1, -0.05) is 31.2 Å². The molecule has 1 aromatic rings. The molecule has 2 aliphatic rings. The SMILES string of the molecule is CC1(CNC(=O)NCCC2(C)OCCO2)Cc2ccccc2C1. The minimum absolute atomic E-state index is 0.102. The van der Waals surface area contributed by atoms with Gasteiger partial charge in [0, 0.05) is 19.5 Å². The maximum atomic E-state index is 12.0. The fourth-order valence-corrected chi connectivity index (χ4v) is 3.47. The molecule has 0 saturated carbocycles. The van der Waals surface area contributed by atoms with Gasteiger partial charge in [0.1, 0.15) is 0 Å². The monoisotopic (exact) mass is 318 g/mol. The zero-order chi connectivity index (χ0) is 16.3. The van der Waals surface area contributed by atoms with Crippen molar-refractivity contribution in [2.24, 2.45) is 5.41 Å². The Kier molecular flexibility index (Phi) is 4.60. The highest BCUT2D eigenvalue weighted by atomic mass is 16.7. The third kappa shape index (κ3) is 4.03. The van der Waals surface area contributed by atoms with E-state index in [1.807, 2.05) is 6.92 Å². The molecule has 0 bridgehead atoms. The summed E-state index contributed by atoms with van der Waals surface area (Å²) in [5.74, 6) is -0.549. The average molecular weight is 318 g/mol. The number of rotatable bonds is 5. The first kappa shape index (κ1) is 16.3. The lowest BCUT2D eigenvalue weighted by Gasteiger charge is -2.25. The van der Waals surface area contributed by atoms with Crippen LogP contribution in [0.25, 0.3) is 0 Å². The second-order valence-corrected chi connectivity index (χ2v) is 7.12. The van der Waals surface area contributed by atoms with Gasteiger partial charge in [-0.3, -0.25) is 0 Å². The molecule has 1 heterocycles. The van der Waals surface area contributed by atoms with Crippen LogP contribution in [-0.2, 0) is 22.3 Å². The molecular weight excluding hydrogens is 292 g/mol. The van der Waals surface area contributed by atoms with E-state index in [1.165, 1.54) is 11.1 Å². The summed E-state index contributed by atoms with van der Waals surface area (Å²) in [5, 5.41) is 5.89. The number of carbonyl (C=O) groups excluding carboxylic acids is 1. The Balaban J connectivity index is 1.39. The summed E-state index contributed by atoms with van der Waals surface area (Å²) in [6, 6.07) is 8.41. The van der Waals surface area contributed by atoms with Gasteiger partial charge in [-0.05, 0) is 36.3 Å². The van der Waals surface area contributed by atoms with Crippen LogP contribution in [0.5, 0.6) is 0 Å². The molecule has 0 spiro atoms. The van der Waals surface area contributed by atoms with Gasteiger partial charge in [0.2, 0.25) is 0 Å². The molecule has 2 amide bonds. The molecule has 5 nitrogen and oxygen atoms in total. The van der Waals surface area contributed by atoms with E-state index in [9.17, 15) is 4.79 Å². The maximum absolute atomic E-state index is 12.0. The molecule has 0 aromatic heterocycles. The first-order valence-electron chi connectivity index (χ1n) is 8.35. The molecule has 3 rings (SSSR count). The third-order valence-corrected chi connectivity index (χ3v) is 4.79. The summed E-state index contributed by atoms with van der Waals surface area (Å²) in [6.07, 6.45) is 2.69. The van der Waals surface area contributed by atoms with Crippen LogP contribution in [0.1, 0.15) is 31.4 Å². The van der Waals surface area contributed by atoms with Gasteiger partial charge in [0.15, 0.2) is 5.79 Å². The van der Waals surface area contributed by atoms with Gasteiger partial charge >= 0.3 is 6.03 Å². The van der Waals surface area contributed by atoms with E-state index in [-0.39, 0.29) is 11.4 Å². The van der Waals surface area contributed by atoms with Gasteiger partial charge in [0.05, 0.1) is 13.2 Å². The lowest BCUT2D eigenvalue weighted by molar-refractivity contribution is -0.145. The van der Waals surface area contributed by atoms with Gasteiger partial charge in [0.25, 0.3) is 0 Å². The standard InChI is InChI=1S/C18H26N2O3/c1-17(11-14-5-3-4-6-15(14)12-17)13-20-16(21)19-8-7-18(2)22-9-10-23-18/h3-6H,7-13H2,1-2H3,(H2,19,20,21). The Labute approximate surface area is 137 Å². The van der Waals surface area contributed by atoms with Gasteiger partial charge < -0.3 is 20.1 Å². The molecule has 1 aromatic carbocycles. The Bertz CT molecular complexity index is 542. The molecular formula is C18H26N2O3. The number of urea groups is 1. The summed E-state index contributed by atoms with van der Waals surface area (Å²) in [6.45, 7) is 6.62. The normalized spacial score (nSPS) is 21.0. The minimum atomic E-state index is -0.549. The van der Waals surface area contributed by atoms with Crippen LogP contribution in [0.4, 0.5) is 4.79 Å². The van der Waals surface area contributed by atoms with Crippen LogP contribution in [0.2, 0.25) is 0 Å². The fourth-order valence-electron chi connectivity index (χ4n) is 3.47. The van der Waals surface area contributed by atoms with E-state index in [2.05, 4.69) is 41.8 Å². The summed E-state index contributed by atoms with van der Waals surface area (Å²) < 4.78 is 11.0. The number of fused-ring (bicyclic) bond motifs is 1. The Hall–Kier alpha value is -1.59. The number of nitrogens with one attached hydrogen (secondary N) is 2. The third-order valence-electron chi connectivity index (χ3n) is 4.79. The lowest BCUT2D eigenvalue weighted by atomic mass is 9.87. The highest BCUT2D eigenvalue weighted by molar-refractivity contribution is 5.73. The predicted molar refractivity (Wildman–Crippen MR) is 88.3 cm³/mol. The van der Waals surface area contributed by atoms with Crippen LogP contribution in [0, 0.1) is 5.41 Å². The Morgan fingerprint density at radius 1 is 1.09 bits per heavy atom. The second kappa shape index (κ2) is 6.49. The van der Waals surface area contributed by atoms with Crippen molar-refractivity contribution < 1.29 is 14.3 Å². The summed E-state index contributed by atoms with van der Waals surface area (Å²) >= 11 is 0. The predicted octanol–water partition coefficient (Wildman–Crippen LogP) is 2.24.